The minimum absolute atomic E-state index is 0.1000. The quantitative estimate of drug-likeness (QED) is 0.656. The van der Waals surface area contributed by atoms with Gasteiger partial charge in [0.1, 0.15) is 0 Å². The molecule has 0 aliphatic carbocycles. The van der Waals surface area contributed by atoms with Crippen LogP contribution in [0.5, 0.6) is 11.5 Å². The minimum atomic E-state index is -3.83. The van der Waals surface area contributed by atoms with Crippen molar-refractivity contribution in [3.63, 3.8) is 0 Å². The average Bonchev–Trinajstić information content (AvgIpc) is 3.02. The van der Waals surface area contributed by atoms with Crippen LogP contribution in [0.3, 0.4) is 0 Å². The van der Waals surface area contributed by atoms with Gasteiger partial charge in [-0.3, -0.25) is 0 Å². The van der Waals surface area contributed by atoms with E-state index in [0.717, 1.165) is 0 Å². The zero-order valence-corrected chi connectivity index (χ0v) is 14.8. The van der Waals surface area contributed by atoms with Crippen LogP contribution in [0.15, 0.2) is 41.3 Å². The number of nitrogens with zero attached hydrogens (tertiary/aromatic N) is 2. The number of aromatic nitrogens is 2. The van der Waals surface area contributed by atoms with Crippen LogP contribution in [0.1, 0.15) is 0 Å². The first-order chi connectivity index (χ1) is 11.0. The number of hydrogen-bond acceptors (Lipinski definition) is 6. The topological polar surface area (TPSA) is 90.4 Å². The predicted octanol–water partition coefficient (Wildman–Crippen LogP) is 1.50. The number of benzene rings is 2. The molecule has 23 heavy (non-hydrogen) atoms. The van der Waals surface area contributed by atoms with Crippen LogP contribution in [0, 0.1) is 0 Å². The molecule has 0 saturated heterocycles. The second-order valence-corrected chi connectivity index (χ2v) is 7.32. The van der Waals surface area contributed by atoms with Crippen molar-refractivity contribution < 1.29 is 17.9 Å². The molecule has 0 aliphatic heterocycles. The Hall–Kier alpha value is -2.09. The van der Waals surface area contributed by atoms with Gasteiger partial charge in [0.2, 0.25) is 0 Å². The molecule has 3 rings (SSSR count). The molecule has 120 valence electrons. The van der Waals surface area contributed by atoms with Crippen molar-refractivity contribution in [2.45, 2.75) is 4.90 Å². The summed E-state index contributed by atoms with van der Waals surface area (Å²) in [5.74, 6) is 0.914. The average molecular weight is 398 g/mol. The fourth-order valence-corrected chi connectivity index (χ4v) is 4.60. The van der Waals surface area contributed by atoms with Crippen LogP contribution in [0.25, 0.3) is 11.0 Å². The summed E-state index contributed by atoms with van der Waals surface area (Å²) in [6, 6.07) is 9.79. The number of methoxy groups -OCH3 is 2. The van der Waals surface area contributed by atoms with Crippen LogP contribution < -0.4 is 14.2 Å². The summed E-state index contributed by atoms with van der Waals surface area (Å²) in [5, 5.41) is 0. The summed E-state index contributed by atoms with van der Waals surface area (Å²) in [7, 11) is -0.850. The van der Waals surface area contributed by atoms with E-state index >= 15 is 0 Å². The van der Waals surface area contributed by atoms with E-state index in [1.165, 1.54) is 20.3 Å². The van der Waals surface area contributed by atoms with Gasteiger partial charge in [0.25, 0.3) is 0 Å². The van der Waals surface area contributed by atoms with Gasteiger partial charge in [-0.25, -0.2) is 0 Å². The van der Waals surface area contributed by atoms with Crippen molar-refractivity contribution in [1.29, 1.82) is 0 Å². The second kappa shape index (κ2) is 6.19. The van der Waals surface area contributed by atoms with Gasteiger partial charge in [0.15, 0.2) is 0 Å². The van der Waals surface area contributed by atoms with E-state index in [0.29, 0.717) is 28.2 Å². The molecule has 1 aromatic heterocycles. The van der Waals surface area contributed by atoms with Crippen molar-refractivity contribution in [2.75, 3.05) is 18.9 Å². The van der Waals surface area contributed by atoms with Gasteiger partial charge in [-0.05, 0) is 0 Å². The summed E-state index contributed by atoms with van der Waals surface area (Å²) < 4.78 is 46.7. The number of nitrogens with one attached hydrogen (secondary N) is 1. The van der Waals surface area contributed by atoms with Gasteiger partial charge < -0.3 is 0 Å². The maximum absolute atomic E-state index is 12.7. The van der Waals surface area contributed by atoms with Crippen LogP contribution in [-0.4, -0.2) is 45.6 Å². The molecule has 3 aromatic rings. The molecule has 0 radical (unpaired) electrons. The van der Waals surface area contributed by atoms with Gasteiger partial charge in [0.05, 0.1) is 0 Å². The predicted molar refractivity (Wildman–Crippen MR) is 86.8 cm³/mol. The van der Waals surface area contributed by atoms with E-state index in [-0.39, 0.29) is 19.9 Å². The fraction of sp³-hybridized carbons (Fsp3) is 0.143. The normalized spacial score (nSPS) is 11.4. The summed E-state index contributed by atoms with van der Waals surface area (Å²) in [5.41, 5.74) is 1.30. The van der Waals surface area contributed by atoms with Crippen LogP contribution in [0.2, 0.25) is 0 Å². The first kappa shape index (κ1) is 15.8. The van der Waals surface area contributed by atoms with Crippen LogP contribution in [0.4, 0.5) is 5.69 Å². The fourth-order valence-electron chi connectivity index (χ4n) is 2.09. The molecule has 0 fully saturated rings. The Bertz CT molecular complexity index is 956. The zero-order chi connectivity index (χ0) is 16.4. The SMILES string of the molecule is COc1ccc(OC)c(NS(=O)(=O)c2cccc3n[se]nc23)c1. The van der Waals surface area contributed by atoms with E-state index in [2.05, 4.69) is 12.7 Å². The van der Waals surface area contributed by atoms with Crippen molar-refractivity contribution in [1.82, 2.24) is 7.96 Å². The summed E-state index contributed by atoms with van der Waals surface area (Å²) in [6.45, 7) is 0. The Labute approximate surface area is 139 Å². The Morgan fingerprint density at radius 1 is 1.09 bits per heavy atom. The summed E-state index contributed by atoms with van der Waals surface area (Å²) in [6.07, 6.45) is 0. The molecule has 0 bridgehead atoms. The number of hydrogen-bond donors (Lipinski definition) is 1. The number of ether oxygens (including phenoxy) is 2. The van der Waals surface area contributed by atoms with Gasteiger partial charge in [-0.1, -0.05) is 0 Å². The first-order valence-corrected chi connectivity index (χ1v) is 9.53. The van der Waals surface area contributed by atoms with Gasteiger partial charge in [-0.15, -0.1) is 0 Å². The third kappa shape index (κ3) is 3.03. The maximum atomic E-state index is 12.7. The van der Waals surface area contributed by atoms with Crippen molar-refractivity contribution in [2.24, 2.45) is 0 Å². The molecule has 0 amide bonds. The van der Waals surface area contributed by atoms with E-state index in [1.807, 2.05) is 0 Å². The third-order valence-corrected chi connectivity index (χ3v) is 5.72. The Kier molecular flexibility index (Phi) is 4.25. The first-order valence-electron chi connectivity index (χ1n) is 6.51. The molecule has 0 unspecified atom stereocenters. The molecule has 0 atom stereocenters. The second-order valence-electron chi connectivity index (χ2n) is 4.56. The van der Waals surface area contributed by atoms with E-state index in [9.17, 15) is 8.42 Å². The zero-order valence-electron chi connectivity index (χ0n) is 12.3. The molecule has 0 spiro atoms. The van der Waals surface area contributed by atoms with E-state index in [4.69, 9.17) is 9.47 Å². The molecular weight excluding hydrogens is 385 g/mol. The molecule has 0 aliphatic rings. The summed E-state index contributed by atoms with van der Waals surface area (Å²) in [4.78, 5) is 0.1000. The van der Waals surface area contributed by atoms with Gasteiger partial charge in [0, 0.05) is 0 Å². The number of sulfonamides is 1. The summed E-state index contributed by atoms with van der Waals surface area (Å²) >= 11 is -0.304. The molecular formula is C14H13N3O4SSe. The van der Waals surface area contributed by atoms with Crippen molar-refractivity contribution in [3.8, 4) is 11.5 Å². The molecule has 0 saturated carbocycles. The number of anilines is 1. The van der Waals surface area contributed by atoms with E-state index < -0.39 is 10.0 Å². The van der Waals surface area contributed by atoms with Crippen molar-refractivity contribution in [3.05, 3.63) is 36.4 Å². The number of fused-ring (bicyclic) bond motifs is 1. The molecule has 1 N–H and O–H groups in total. The molecule has 7 nitrogen and oxygen atoms in total. The van der Waals surface area contributed by atoms with Crippen molar-refractivity contribution >= 4 is 41.7 Å². The Morgan fingerprint density at radius 2 is 1.91 bits per heavy atom. The van der Waals surface area contributed by atoms with Crippen LogP contribution in [-0.2, 0) is 10.0 Å². The molecule has 1 heterocycles. The standard InChI is InChI=1S/C14H13N3O4SSe/c1-20-9-6-7-12(21-2)11(8-9)15-22(18,19)13-5-3-4-10-14(13)17-23-16-10/h3-8,15H,1-2H3. The monoisotopic (exact) mass is 399 g/mol. The number of rotatable bonds is 5. The van der Waals surface area contributed by atoms with E-state index in [1.54, 1.807) is 30.3 Å². The Morgan fingerprint density at radius 3 is 2.65 bits per heavy atom. The Balaban J connectivity index is 2.06. The van der Waals surface area contributed by atoms with Gasteiger partial charge >= 0.3 is 139 Å². The molecule has 9 heteroatoms. The molecule has 2 aromatic carbocycles. The van der Waals surface area contributed by atoms with Crippen LogP contribution >= 0.6 is 0 Å². The third-order valence-electron chi connectivity index (χ3n) is 3.19. The van der Waals surface area contributed by atoms with Gasteiger partial charge in [-0.2, -0.15) is 0 Å².